The van der Waals surface area contributed by atoms with E-state index in [0.29, 0.717) is 6.42 Å². The summed E-state index contributed by atoms with van der Waals surface area (Å²) in [4.78, 5) is 13.3. The van der Waals surface area contributed by atoms with E-state index in [-0.39, 0.29) is 24.0 Å². The van der Waals surface area contributed by atoms with Crippen molar-refractivity contribution in [2.75, 3.05) is 19.7 Å². The van der Waals surface area contributed by atoms with Gasteiger partial charge in [0.25, 0.3) is 0 Å². The van der Waals surface area contributed by atoms with Gasteiger partial charge in [-0.3, -0.25) is 9.69 Å². The molecular formula is C13H23NO3. The Balaban J connectivity index is 2.11. The lowest BCUT2D eigenvalue weighted by Crippen LogP contribution is -2.40. The summed E-state index contributed by atoms with van der Waals surface area (Å²) in [5.41, 5.74) is 0.206. The van der Waals surface area contributed by atoms with E-state index < -0.39 is 5.97 Å². The maximum atomic E-state index is 11.2. The maximum Gasteiger partial charge on any atom is 0.320 e. The van der Waals surface area contributed by atoms with Gasteiger partial charge in [0.1, 0.15) is 6.04 Å². The Morgan fingerprint density at radius 3 is 2.59 bits per heavy atom. The second kappa shape index (κ2) is 4.94. The standard InChI is InChI=1S/C13H23NO3/c1-2-11(12(16)17)14-7-10(8-15)13(9-14)5-3-4-6-13/h10-11,15H,2-9H2,1H3,(H,16,17)/t10-,11-/m0/s1. The Morgan fingerprint density at radius 1 is 1.47 bits per heavy atom. The molecule has 1 heterocycles. The van der Waals surface area contributed by atoms with Crippen molar-refractivity contribution in [1.82, 2.24) is 4.90 Å². The minimum atomic E-state index is -0.723. The highest BCUT2D eigenvalue weighted by atomic mass is 16.4. The first-order chi connectivity index (χ1) is 8.13. The molecule has 2 atom stereocenters. The highest BCUT2D eigenvalue weighted by molar-refractivity contribution is 5.73. The van der Waals surface area contributed by atoms with E-state index in [9.17, 15) is 15.0 Å². The van der Waals surface area contributed by atoms with E-state index >= 15 is 0 Å². The number of aliphatic hydroxyl groups is 1. The van der Waals surface area contributed by atoms with Crippen LogP contribution in [-0.4, -0.2) is 46.8 Å². The predicted molar refractivity (Wildman–Crippen MR) is 64.8 cm³/mol. The second-order valence-electron chi connectivity index (χ2n) is 5.64. The van der Waals surface area contributed by atoms with Crippen LogP contribution in [0.2, 0.25) is 0 Å². The van der Waals surface area contributed by atoms with Crippen molar-refractivity contribution in [3.63, 3.8) is 0 Å². The van der Waals surface area contributed by atoms with E-state index in [4.69, 9.17) is 0 Å². The predicted octanol–water partition coefficient (Wildman–Crippen LogP) is 1.33. The summed E-state index contributed by atoms with van der Waals surface area (Å²) in [6.07, 6.45) is 5.42. The molecule has 2 rings (SSSR count). The van der Waals surface area contributed by atoms with Gasteiger partial charge in [-0.15, -0.1) is 0 Å². The number of carboxylic acid groups (broad SMARTS) is 1. The molecule has 1 aliphatic heterocycles. The quantitative estimate of drug-likeness (QED) is 0.779. The topological polar surface area (TPSA) is 60.8 Å². The van der Waals surface area contributed by atoms with Gasteiger partial charge in [0.05, 0.1) is 0 Å². The van der Waals surface area contributed by atoms with Crippen LogP contribution in [0.3, 0.4) is 0 Å². The fourth-order valence-electron chi connectivity index (χ4n) is 3.80. The van der Waals surface area contributed by atoms with Gasteiger partial charge < -0.3 is 10.2 Å². The SMILES string of the molecule is CC[C@@H](C(=O)O)N1C[C@@H](CO)C2(CCCC2)C1. The summed E-state index contributed by atoms with van der Waals surface area (Å²) < 4.78 is 0. The Kier molecular flexibility index (Phi) is 3.73. The number of aliphatic carboxylic acids is 1. The van der Waals surface area contributed by atoms with Crippen molar-refractivity contribution >= 4 is 5.97 Å². The molecule has 0 unspecified atom stereocenters. The molecule has 1 saturated heterocycles. The molecule has 2 fully saturated rings. The molecule has 0 aromatic heterocycles. The van der Waals surface area contributed by atoms with Crippen molar-refractivity contribution in [1.29, 1.82) is 0 Å². The van der Waals surface area contributed by atoms with Crippen LogP contribution in [0, 0.1) is 11.3 Å². The maximum absolute atomic E-state index is 11.2. The molecule has 1 saturated carbocycles. The Bertz CT molecular complexity index is 286. The second-order valence-corrected chi connectivity index (χ2v) is 5.64. The third kappa shape index (κ3) is 2.20. The molecular weight excluding hydrogens is 218 g/mol. The normalized spacial score (nSPS) is 29.9. The lowest BCUT2D eigenvalue weighted by atomic mass is 9.77. The van der Waals surface area contributed by atoms with E-state index in [0.717, 1.165) is 25.9 Å². The lowest BCUT2D eigenvalue weighted by Gasteiger charge is -2.29. The number of carbonyl (C=O) groups is 1. The van der Waals surface area contributed by atoms with E-state index in [1.54, 1.807) is 0 Å². The number of hydrogen-bond acceptors (Lipinski definition) is 3. The Hall–Kier alpha value is -0.610. The third-order valence-electron chi connectivity index (χ3n) is 4.77. The van der Waals surface area contributed by atoms with Crippen LogP contribution in [0.4, 0.5) is 0 Å². The Labute approximate surface area is 103 Å². The zero-order valence-electron chi connectivity index (χ0n) is 10.6. The number of aliphatic hydroxyl groups excluding tert-OH is 1. The van der Waals surface area contributed by atoms with Gasteiger partial charge in [0.15, 0.2) is 0 Å². The number of hydrogen-bond donors (Lipinski definition) is 2. The molecule has 17 heavy (non-hydrogen) atoms. The number of likely N-dealkylation sites (tertiary alicyclic amines) is 1. The van der Waals surface area contributed by atoms with Crippen LogP contribution in [0.25, 0.3) is 0 Å². The van der Waals surface area contributed by atoms with Crippen LogP contribution < -0.4 is 0 Å². The minimum absolute atomic E-state index is 0.201. The smallest absolute Gasteiger partial charge is 0.320 e. The first kappa shape index (κ1) is 12.8. The summed E-state index contributed by atoms with van der Waals surface area (Å²) in [6, 6.07) is -0.371. The lowest BCUT2D eigenvalue weighted by molar-refractivity contribution is -0.143. The number of carboxylic acids is 1. The van der Waals surface area contributed by atoms with Crippen LogP contribution >= 0.6 is 0 Å². The highest BCUT2D eigenvalue weighted by Crippen LogP contribution is 2.49. The summed E-state index contributed by atoms with van der Waals surface area (Å²) in [5, 5.41) is 18.7. The molecule has 2 aliphatic rings. The van der Waals surface area contributed by atoms with Gasteiger partial charge in [-0.05, 0) is 24.7 Å². The van der Waals surface area contributed by atoms with Crippen molar-refractivity contribution in [2.45, 2.75) is 45.1 Å². The van der Waals surface area contributed by atoms with Crippen LogP contribution in [0.5, 0.6) is 0 Å². The molecule has 2 N–H and O–H groups in total. The number of nitrogens with zero attached hydrogens (tertiary/aromatic N) is 1. The molecule has 4 nitrogen and oxygen atoms in total. The molecule has 4 heteroatoms. The van der Waals surface area contributed by atoms with E-state index in [1.165, 1.54) is 12.8 Å². The van der Waals surface area contributed by atoms with Gasteiger partial charge in [-0.25, -0.2) is 0 Å². The summed E-state index contributed by atoms with van der Waals surface area (Å²) >= 11 is 0. The van der Waals surface area contributed by atoms with Crippen molar-refractivity contribution in [2.24, 2.45) is 11.3 Å². The molecule has 98 valence electrons. The van der Waals surface area contributed by atoms with Gasteiger partial charge in [0, 0.05) is 25.6 Å². The van der Waals surface area contributed by atoms with Gasteiger partial charge in [0.2, 0.25) is 0 Å². The monoisotopic (exact) mass is 241 g/mol. The van der Waals surface area contributed by atoms with Crippen molar-refractivity contribution < 1.29 is 15.0 Å². The largest absolute Gasteiger partial charge is 0.480 e. The molecule has 1 spiro atoms. The van der Waals surface area contributed by atoms with Crippen LogP contribution in [0.15, 0.2) is 0 Å². The number of rotatable bonds is 4. The van der Waals surface area contributed by atoms with Crippen LogP contribution in [0.1, 0.15) is 39.0 Å². The molecule has 1 aliphatic carbocycles. The van der Waals surface area contributed by atoms with Crippen molar-refractivity contribution in [3.8, 4) is 0 Å². The first-order valence-corrected chi connectivity index (χ1v) is 6.70. The first-order valence-electron chi connectivity index (χ1n) is 6.70. The fraction of sp³-hybridized carbons (Fsp3) is 0.923. The molecule has 0 radical (unpaired) electrons. The fourth-order valence-corrected chi connectivity index (χ4v) is 3.80. The van der Waals surface area contributed by atoms with Crippen molar-refractivity contribution in [3.05, 3.63) is 0 Å². The van der Waals surface area contributed by atoms with Gasteiger partial charge in [-0.2, -0.15) is 0 Å². The summed E-state index contributed by atoms with van der Waals surface area (Å²) in [6.45, 7) is 3.74. The van der Waals surface area contributed by atoms with Crippen LogP contribution in [-0.2, 0) is 4.79 Å². The zero-order chi connectivity index (χ0) is 12.5. The van der Waals surface area contributed by atoms with Gasteiger partial charge >= 0.3 is 5.97 Å². The van der Waals surface area contributed by atoms with Gasteiger partial charge in [-0.1, -0.05) is 19.8 Å². The summed E-state index contributed by atoms with van der Waals surface area (Å²) in [5.74, 6) is -0.447. The molecule has 0 amide bonds. The summed E-state index contributed by atoms with van der Waals surface area (Å²) in [7, 11) is 0. The minimum Gasteiger partial charge on any atom is -0.480 e. The van der Waals surface area contributed by atoms with E-state index in [1.807, 2.05) is 6.92 Å². The average molecular weight is 241 g/mol. The zero-order valence-corrected chi connectivity index (χ0v) is 10.6. The van der Waals surface area contributed by atoms with E-state index in [2.05, 4.69) is 4.90 Å². The highest BCUT2D eigenvalue weighted by Gasteiger charge is 2.49. The molecule has 0 aromatic rings. The molecule has 0 aromatic carbocycles. The third-order valence-corrected chi connectivity index (χ3v) is 4.77. The molecule has 0 bridgehead atoms. The average Bonchev–Trinajstić information content (AvgIpc) is 2.88. The Morgan fingerprint density at radius 2 is 2.12 bits per heavy atom.